The number of hydrogen-bond acceptors (Lipinski definition) is 5. The van der Waals surface area contributed by atoms with Gasteiger partial charge in [-0.15, -0.1) is 11.3 Å². The van der Waals surface area contributed by atoms with Gasteiger partial charge in [-0.3, -0.25) is 4.79 Å². The Morgan fingerprint density at radius 1 is 1.45 bits per heavy atom. The van der Waals surface area contributed by atoms with E-state index in [1.165, 1.54) is 0 Å². The Morgan fingerprint density at radius 2 is 2.32 bits per heavy atom. The maximum absolute atomic E-state index is 12.3. The summed E-state index contributed by atoms with van der Waals surface area (Å²) in [5, 5.41) is 2.00. The van der Waals surface area contributed by atoms with Crippen molar-refractivity contribution in [2.45, 2.75) is 32.8 Å². The first-order chi connectivity index (χ1) is 10.6. The van der Waals surface area contributed by atoms with E-state index in [4.69, 9.17) is 4.74 Å². The number of likely N-dealkylation sites (tertiary alicyclic amines) is 1. The van der Waals surface area contributed by atoms with E-state index >= 15 is 0 Å². The largest absolute Gasteiger partial charge is 0.472 e. The SMILES string of the molecule is Cc1cc(OC2CCN(C(=O)Cc3cccs3)C2)nc(C)n1. The lowest BCUT2D eigenvalue weighted by atomic mass is 10.3. The second kappa shape index (κ2) is 6.44. The van der Waals surface area contributed by atoms with Crippen molar-refractivity contribution in [1.29, 1.82) is 0 Å². The van der Waals surface area contributed by atoms with E-state index < -0.39 is 0 Å². The standard InChI is InChI=1S/C16H19N3O2S/c1-11-8-15(18-12(2)17-11)21-13-5-6-19(10-13)16(20)9-14-4-3-7-22-14/h3-4,7-8,13H,5-6,9-10H2,1-2H3. The van der Waals surface area contributed by atoms with Crippen molar-refractivity contribution in [2.24, 2.45) is 0 Å². The van der Waals surface area contributed by atoms with Crippen LogP contribution in [0.4, 0.5) is 0 Å². The monoisotopic (exact) mass is 317 g/mol. The lowest BCUT2D eigenvalue weighted by Gasteiger charge is -2.17. The highest BCUT2D eigenvalue weighted by Gasteiger charge is 2.28. The van der Waals surface area contributed by atoms with Gasteiger partial charge in [-0.05, 0) is 25.3 Å². The maximum atomic E-state index is 12.3. The van der Waals surface area contributed by atoms with Gasteiger partial charge >= 0.3 is 0 Å². The van der Waals surface area contributed by atoms with Crippen LogP contribution in [0.1, 0.15) is 22.8 Å². The summed E-state index contributed by atoms with van der Waals surface area (Å²) < 4.78 is 5.91. The minimum absolute atomic E-state index is 0.0148. The van der Waals surface area contributed by atoms with Gasteiger partial charge in [0.15, 0.2) is 0 Å². The van der Waals surface area contributed by atoms with Crippen molar-refractivity contribution in [3.63, 3.8) is 0 Å². The van der Waals surface area contributed by atoms with E-state index in [2.05, 4.69) is 9.97 Å². The molecule has 0 spiro atoms. The second-order valence-electron chi connectivity index (χ2n) is 5.52. The average Bonchev–Trinajstić information content (AvgIpc) is 3.09. The van der Waals surface area contributed by atoms with Gasteiger partial charge in [-0.25, -0.2) is 4.98 Å². The van der Waals surface area contributed by atoms with E-state index in [0.29, 0.717) is 24.7 Å². The molecule has 1 fully saturated rings. The van der Waals surface area contributed by atoms with Crippen LogP contribution in [0.5, 0.6) is 5.88 Å². The number of ether oxygens (including phenoxy) is 1. The fourth-order valence-electron chi connectivity index (χ4n) is 2.64. The van der Waals surface area contributed by atoms with Crippen LogP contribution in [0, 0.1) is 13.8 Å². The molecule has 1 saturated heterocycles. The molecule has 1 atom stereocenters. The molecule has 0 aliphatic carbocycles. The average molecular weight is 317 g/mol. The second-order valence-corrected chi connectivity index (χ2v) is 6.55. The number of amides is 1. The Kier molecular flexibility index (Phi) is 4.38. The molecular weight excluding hydrogens is 298 g/mol. The highest BCUT2D eigenvalue weighted by Crippen LogP contribution is 2.19. The van der Waals surface area contributed by atoms with Crippen molar-refractivity contribution < 1.29 is 9.53 Å². The number of rotatable bonds is 4. The van der Waals surface area contributed by atoms with E-state index in [-0.39, 0.29) is 12.0 Å². The first-order valence-corrected chi connectivity index (χ1v) is 8.27. The molecular formula is C16H19N3O2S. The first kappa shape index (κ1) is 15.0. The normalized spacial score (nSPS) is 17.7. The van der Waals surface area contributed by atoms with Crippen LogP contribution in [-0.4, -0.2) is 40.0 Å². The predicted molar refractivity (Wildman–Crippen MR) is 85.1 cm³/mol. The molecule has 0 radical (unpaired) electrons. The summed E-state index contributed by atoms with van der Waals surface area (Å²) in [6, 6.07) is 5.81. The number of aromatic nitrogens is 2. The van der Waals surface area contributed by atoms with Crippen molar-refractivity contribution >= 4 is 17.2 Å². The topological polar surface area (TPSA) is 55.3 Å². The van der Waals surface area contributed by atoms with E-state index in [1.807, 2.05) is 42.3 Å². The summed E-state index contributed by atoms with van der Waals surface area (Å²) >= 11 is 1.62. The van der Waals surface area contributed by atoms with Crippen LogP contribution < -0.4 is 4.74 Å². The van der Waals surface area contributed by atoms with E-state index in [9.17, 15) is 4.79 Å². The Hall–Kier alpha value is -1.95. The van der Waals surface area contributed by atoms with Crippen molar-refractivity contribution in [2.75, 3.05) is 13.1 Å². The summed E-state index contributed by atoms with van der Waals surface area (Å²) in [4.78, 5) is 23.8. The molecule has 1 amide bonds. The number of aryl methyl sites for hydroxylation is 2. The number of hydrogen-bond donors (Lipinski definition) is 0. The van der Waals surface area contributed by atoms with Gasteiger partial charge in [0.1, 0.15) is 11.9 Å². The van der Waals surface area contributed by atoms with E-state index in [1.54, 1.807) is 11.3 Å². The van der Waals surface area contributed by atoms with Crippen molar-refractivity contribution in [3.8, 4) is 5.88 Å². The van der Waals surface area contributed by atoms with Crippen LogP contribution in [0.15, 0.2) is 23.6 Å². The highest BCUT2D eigenvalue weighted by molar-refractivity contribution is 7.10. The first-order valence-electron chi connectivity index (χ1n) is 7.39. The van der Waals surface area contributed by atoms with Gasteiger partial charge < -0.3 is 9.64 Å². The number of carbonyl (C=O) groups is 1. The summed E-state index contributed by atoms with van der Waals surface area (Å²) in [6.45, 7) is 5.16. The molecule has 5 nitrogen and oxygen atoms in total. The summed E-state index contributed by atoms with van der Waals surface area (Å²) in [5.74, 6) is 1.48. The third-order valence-corrected chi connectivity index (χ3v) is 4.51. The quantitative estimate of drug-likeness (QED) is 0.869. The van der Waals surface area contributed by atoms with Crippen LogP contribution in [0.2, 0.25) is 0 Å². The van der Waals surface area contributed by atoms with Gasteiger partial charge in [-0.1, -0.05) is 6.07 Å². The van der Waals surface area contributed by atoms with Gasteiger partial charge in [0, 0.05) is 29.6 Å². The highest BCUT2D eigenvalue weighted by atomic mass is 32.1. The molecule has 1 aliphatic rings. The molecule has 1 aliphatic heterocycles. The molecule has 0 saturated carbocycles. The fraction of sp³-hybridized carbons (Fsp3) is 0.438. The van der Waals surface area contributed by atoms with Gasteiger partial charge in [0.2, 0.25) is 11.8 Å². The van der Waals surface area contributed by atoms with Crippen molar-refractivity contribution in [3.05, 3.63) is 40.0 Å². The van der Waals surface area contributed by atoms with Gasteiger partial charge in [-0.2, -0.15) is 4.98 Å². The summed E-state index contributed by atoms with van der Waals surface area (Å²) in [7, 11) is 0. The molecule has 2 aromatic heterocycles. The molecule has 3 rings (SSSR count). The molecule has 0 bridgehead atoms. The number of thiophene rings is 1. The van der Waals surface area contributed by atoms with Crippen LogP contribution in [-0.2, 0) is 11.2 Å². The third-order valence-electron chi connectivity index (χ3n) is 3.63. The fourth-order valence-corrected chi connectivity index (χ4v) is 3.33. The lowest BCUT2D eigenvalue weighted by Crippen LogP contribution is -2.32. The molecule has 22 heavy (non-hydrogen) atoms. The molecule has 1 unspecified atom stereocenters. The Bertz CT molecular complexity index is 637. The zero-order chi connectivity index (χ0) is 15.5. The van der Waals surface area contributed by atoms with Crippen LogP contribution >= 0.6 is 11.3 Å². The van der Waals surface area contributed by atoms with Crippen LogP contribution in [0.25, 0.3) is 0 Å². The summed E-state index contributed by atoms with van der Waals surface area (Å²) in [6.07, 6.45) is 1.34. The molecule has 0 N–H and O–H groups in total. The van der Waals surface area contributed by atoms with Gasteiger partial charge in [0.25, 0.3) is 0 Å². The predicted octanol–water partition coefficient (Wildman–Crippen LogP) is 2.38. The number of carbonyl (C=O) groups excluding carboxylic acids is 1. The van der Waals surface area contributed by atoms with Crippen LogP contribution in [0.3, 0.4) is 0 Å². The smallest absolute Gasteiger partial charge is 0.227 e. The molecule has 0 aromatic carbocycles. The Balaban J connectivity index is 1.56. The minimum Gasteiger partial charge on any atom is -0.472 e. The lowest BCUT2D eigenvalue weighted by molar-refractivity contribution is -0.129. The zero-order valence-electron chi connectivity index (χ0n) is 12.8. The molecule has 116 valence electrons. The third kappa shape index (κ3) is 3.62. The zero-order valence-corrected chi connectivity index (χ0v) is 13.6. The maximum Gasteiger partial charge on any atom is 0.227 e. The van der Waals surface area contributed by atoms with Gasteiger partial charge in [0.05, 0.1) is 13.0 Å². The van der Waals surface area contributed by atoms with E-state index in [0.717, 1.165) is 23.5 Å². The molecule has 2 aromatic rings. The Labute approximate surface area is 134 Å². The van der Waals surface area contributed by atoms with Crippen molar-refractivity contribution in [1.82, 2.24) is 14.9 Å². The number of nitrogens with zero attached hydrogens (tertiary/aromatic N) is 3. The summed E-state index contributed by atoms with van der Waals surface area (Å²) in [5.41, 5.74) is 0.895. The molecule has 3 heterocycles. The minimum atomic E-state index is 0.0148. The molecule has 6 heteroatoms. The Morgan fingerprint density at radius 3 is 3.05 bits per heavy atom.